The lowest BCUT2D eigenvalue weighted by Crippen LogP contribution is -2.16. The number of carbonyl (C=O) groups is 1. The molecule has 0 saturated carbocycles. The van der Waals surface area contributed by atoms with E-state index in [2.05, 4.69) is 22.4 Å². The maximum atomic E-state index is 13.2. The molecule has 0 spiro atoms. The van der Waals surface area contributed by atoms with Crippen LogP contribution in [0.25, 0.3) is 10.9 Å². The Morgan fingerprint density at radius 1 is 1.13 bits per heavy atom. The minimum absolute atomic E-state index is 0.0784. The van der Waals surface area contributed by atoms with Crippen molar-refractivity contribution in [1.29, 1.82) is 0 Å². The second-order valence-corrected chi connectivity index (χ2v) is 6.00. The first-order valence-electron chi connectivity index (χ1n) is 7.57. The van der Waals surface area contributed by atoms with Crippen LogP contribution in [0.1, 0.15) is 22.3 Å². The van der Waals surface area contributed by atoms with E-state index < -0.39 is 0 Å². The van der Waals surface area contributed by atoms with E-state index in [1.54, 1.807) is 12.3 Å². The average molecular weight is 310 g/mol. The average Bonchev–Trinajstić information content (AvgIpc) is 2.85. The zero-order chi connectivity index (χ0) is 16.6. The maximum Gasteiger partial charge on any atom is 0.228 e. The lowest BCUT2D eigenvalue weighted by Gasteiger charge is -2.12. The molecule has 0 radical (unpaired) electrons. The Kier molecular flexibility index (Phi) is 3.90. The Balaban J connectivity index is 1.82. The Morgan fingerprint density at radius 3 is 2.52 bits per heavy atom. The number of hydrogen-bond donors (Lipinski definition) is 2. The molecule has 3 aromatic rings. The highest BCUT2D eigenvalue weighted by Crippen LogP contribution is 2.23. The molecule has 23 heavy (non-hydrogen) atoms. The van der Waals surface area contributed by atoms with Gasteiger partial charge in [0.1, 0.15) is 5.82 Å². The maximum absolute atomic E-state index is 13.2. The summed E-state index contributed by atoms with van der Waals surface area (Å²) in [5.41, 5.74) is 5.72. The summed E-state index contributed by atoms with van der Waals surface area (Å²) < 4.78 is 13.2. The second kappa shape index (κ2) is 5.88. The molecule has 2 N–H and O–H groups in total. The number of amides is 1. The molecule has 0 atom stereocenters. The molecule has 118 valence electrons. The first-order chi connectivity index (χ1) is 10.9. The van der Waals surface area contributed by atoms with Gasteiger partial charge in [-0.3, -0.25) is 4.79 Å². The third-order valence-electron chi connectivity index (χ3n) is 4.02. The number of nitrogens with one attached hydrogen (secondary N) is 2. The molecule has 0 unspecified atom stereocenters. The van der Waals surface area contributed by atoms with Crippen molar-refractivity contribution in [2.24, 2.45) is 0 Å². The minimum atomic E-state index is -0.291. The summed E-state index contributed by atoms with van der Waals surface area (Å²) in [6.45, 7) is 6.02. The van der Waals surface area contributed by atoms with Crippen LogP contribution in [-0.4, -0.2) is 10.9 Å². The van der Waals surface area contributed by atoms with Crippen LogP contribution in [0.15, 0.2) is 36.5 Å². The lowest BCUT2D eigenvalue weighted by molar-refractivity contribution is -0.115. The van der Waals surface area contributed by atoms with Gasteiger partial charge in [0.2, 0.25) is 5.91 Å². The predicted octanol–water partition coefficient (Wildman–Crippen LogP) is 4.41. The topological polar surface area (TPSA) is 44.9 Å². The number of halogens is 1. The van der Waals surface area contributed by atoms with E-state index in [4.69, 9.17) is 0 Å². The SMILES string of the molecule is Cc1cc(C)c(NC(=O)Cc2c[nH]c3cc(F)ccc23)c(C)c1. The summed E-state index contributed by atoms with van der Waals surface area (Å²) >= 11 is 0. The third kappa shape index (κ3) is 3.11. The Morgan fingerprint density at radius 2 is 1.83 bits per heavy atom. The molecule has 4 heteroatoms. The zero-order valence-electron chi connectivity index (χ0n) is 13.5. The highest BCUT2D eigenvalue weighted by atomic mass is 19.1. The number of benzene rings is 2. The largest absolute Gasteiger partial charge is 0.361 e. The van der Waals surface area contributed by atoms with Gasteiger partial charge in [-0.15, -0.1) is 0 Å². The number of aromatic amines is 1. The smallest absolute Gasteiger partial charge is 0.228 e. The van der Waals surface area contributed by atoms with Gasteiger partial charge in [-0.2, -0.15) is 0 Å². The third-order valence-corrected chi connectivity index (χ3v) is 4.02. The van der Waals surface area contributed by atoms with E-state index in [1.165, 1.54) is 17.7 Å². The van der Waals surface area contributed by atoms with E-state index in [0.717, 1.165) is 27.8 Å². The summed E-state index contributed by atoms with van der Waals surface area (Å²) in [4.78, 5) is 15.4. The molecular weight excluding hydrogens is 291 g/mol. The fourth-order valence-corrected chi connectivity index (χ4v) is 3.04. The first-order valence-corrected chi connectivity index (χ1v) is 7.57. The molecule has 0 aliphatic rings. The highest BCUT2D eigenvalue weighted by Gasteiger charge is 2.12. The standard InChI is InChI=1S/C19H19FN2O/c1-11-6-12(2)19(13(3)7-11)22-18(23)8-14-10-21-17-9-15(20)4-5-16(14)17/h4-7,9-10,21H,8H2,1-3H3,(H,22,23). The van der Waals surface area contributed by atoms with Crippen LogP contribution in [0.3, 0.4) is 0 Å². The molecule has 0 saturated heterocycles. The number of rotatable bonds is 3. The summed E-state index contributed by atoms with van der Waals surface area (Å²) in [6, 6.07) is 8.65. The number of H-pyrrole nitrogens is 1. The molecule has 3 rings (SSSR count). The van der Waals surface area contributed by atoms with Crippen molar-refractivity contribution in [2.45, 2.75) is 27.2 Å². The fourth-order valence-electron chi connectivity index (χ4n) is 3.04. The van der Waals surface area contributed by atoms with Gasteiger partial charge in [-0.05, 0) is 55.7 Å². The Hall–Kier alpha value is -2.62. The summed E-state index contributed by atoms with van der Waals surface area (Å²) in [5.74, 6) is -0.369. The number of aryl methyl sites for hydroxylation is 3. The first kappa shape index (κ1) is 15.3. The van der Waals surface area contributed by atoms with Crippen LogP contribution in [0.4, 0.5) is 10.1 Å². The molecule has 0 aliphatic carbocycles. The van der Waals surface area contributed by atoms with Gasteiger partial charge in [-0.25, -0.2) is 4.39 Å². The fraction of sp³-hybridized carbons (Fsp3) is 0.211. The summed E-state index contributed by atoms with van der Waals surface area (Å²) in [6.07, 6.45) is 2.01. The Labute approximate surface area is 134 Å². The van der Waals surface area contributed by atoms with E-state index >= 15 is 0 Å². The van der Waals surface area contributed by atoms with Crippen LogP contribution >= 0.6 is 0 Å². The van der Waals surface area contributed by atoms with Crippen LogP contribution in [0, 0.1) is 26.6 Å². The molecule has 1 heterocycles. The van der Waals surface area contributed by atoms with Crippen LogP contribution in [-0.2, 0) is 11.2 Å². The number of carbonyl (C=O) groups excluding carboxylic acids is 1. The summed E-state index contributed by atoms with van der Waals surface area (Å²) in [5, 5.41) is 3.87. The van der Waals surface area contributed by atoms with E-state index in [9.17, 15) is 9.18 Å². The minimum Gasteiger partial charge on any atom is -0.361 e. The molecule has 0 aliphatic heterocycles. The molecular formula is C19H19FN2O. The van der Waals surface area contributed by atoms with Crippen molar-refractivity contribution in [3.8, 4) is 0 Å². The van der Waals surface area contributed by atoms with Crippen molar-refractivity contribution in [3.05, 3.63) is 64.6 Å². The monoisotopic (exact) mass is 310 g/mol. The second-order valence-electron chi connectivity index (χ2n) is 6.00. The van der Waals surface area contributed by atoms with Gasteiger partial charge in [0, 0.05) is 22.8 Å². The van der Waals surface area contributed by atoms with Gasteiger partial charge in [0.25, 0.3) is 0 Å². The number of anilines is 1. The predicted molar refractivity (Wildman–Crippen MR) is 91.2 cm³/mol. The van der Waals surface area contributed by atoms with Gasteiger partial charge < -0.3 is 10.3 Å². The van der Waals surface area contributed by atoms with Gasteiger partial charge in [0.15, 0.2) is 0 Å². The van der Waals surface area contributed by atoms with E-state index in [1.807, 2.05) is 20.8 Å². The zero-order valence-corrected chi connectivity index (χ0v) is 13.5. The lowest BCUT2D eigenvalue weighted by atomic mass is 10.0. The van der Waals surface area contributed by atoms with Crippen molar-refractivity contribution >= 4 is 22.5 Å². The van der Waals surface area contributed by atoms with Crippen LogP contribution in [0.5, 0.6) is 0 Å². The Bertz CT molecular complexity index is 873. The number of aromatic nitrogens is 1. The quantitative estimate of drug-likeness (QED) is 0.739. The number of hydrogen-bond acceptors (Lipinski definition) is 1. The molecule has 2 aromatic carbocycles. The van der Waals surface area contributed by atoms with Gasteiger partial charge >= 0.3 is 0 Å². The molecule has 0 bridgehead atoms. The van der Waals surface area contributed by atoms with Crippen LogP contribution in [0.2, 0.25) is 0 Å². The molecule has 1 aromatic heterocycles. The van der Waals surface area contributed by atoms with Gasteiger partial charge in [0.05, 0.1) is 6.42 Å². The van der Waals surface area contributed by atoms with Gasteiger partial charge in [-0.1, -0.05) is 17.7 Å². The van der Waals surface area contributed by atoms with E-state index in [-0.39, 0.29) is 18.1 Å². The molecule has 0 fully saturated rings. The van der Waals surface area contributed by atoms with Crippen LogP contribution < -0.4 is 5.32 Å². The highest BCUT2D eigenvalue weighted by molar-refractivity contribution is 5.96. The van der Waals surface area contributed by atoms with Crippen molar-refractivity contribution in [1.82, 2.24) is 4.98 Å². The van der Waals surface area contributed by atoms with E-state index in [0.29, 0.717) is 5.52 Å². The normalized spacial score (nSPS) is 11.0. The number of fused-ring (bicyclic) bond motifs is 1. The van der Waals surface area contributed by atoms with Crippen molar-refractivity contribution in [2.75, 3.05) is 5.32 Å². The molecule has 1 amide bonds. The van der Waals surface area contributed by atoms with Crippen molar-refractivity contribution < 1.29 is 9.18 Å². The summed E-state index contributed by atoms with van der Waals surface area (Å²) in [7, 11) is 0. The van der Waals surface area contributed by atoms with Crippen molar-refractivity contribution in [3.63, 3.8) is 0 Å². The molecule has 3 nitrogen and oxygen atoms in total.